The Hall–Kier alpha value is -0.803. The first kappa shape index (κ1) is 14.6. The van der Waals surface area contributed by atoms with Crippen molar-refractivity contribution in [1.82, 2.24) is 4.57 Å². The summed E-state index contributed by atoms with van der Waals surface area (Å²) >= 11 is 6.80. The van der Waals surface area contributed by atoms with E-state index in [0.717, 1.165) is 0 Å². The molecule has 1 radical (unpaired) electrons. The second-order valence-corrected chi connectivity index (χ2v) is 10.7. The van der Waals surface area contributed by atoms with Gasteiger partial charge in [-0.05, 0) is 0 Å². The van der Waals surface area contributed by atoms with Crippen LogP contribution in [-0.4, -0.2) is 34.1 Å². The quantitative estimate of drug-likeness (QED) is 0.570. The normalized spacial score (nSPS) is 18.7. The van der Waals surface area contributed by atoms with Gasteiger partial charge in [0, 0.05) is 0 Å². The Morgan fingerprint density at radius 3 is 1.95 bits per heavy atom. The Bertz CT molecular complexity index is 497. The summed E-state index contributed by atoms with van der Waals surface area (Å²) in [6, 6.07) is 10.6. The summed E-state index contributed by atoms with van der Waals surface area (Å²) in [7, 11) is -1.97. The molecule has 0 amide bonds. The third-order valence-electron chi connectivity index (χ3n) is 3.68. The Morgan fingerprint density at radius 1 is 1.00 bits per heavy atom. The molecule has 0 unspecified atom stereocenters. The molecule has 0 N–H and O–H groups in total. The van der Waals surface area contributed by atoms with Crippen LogP contribution in [0.15, 0.2) is 30.3 Å². The molecule has 1 aliphatic rings. The van der Waals surface area contributed by atoms with E-state index < -0.39 is 8.43 Å². The molecule has 19 heavy (non-hydrogen) atoms. The van der Waals surface area contributed by atoms with Gasteiger partial charge in [-0.15, -0.1) is 0 Å². The molecule has 2 nitrogen and oxygen atoms in total. The molecule has 1 heterocycles. The van der Waals surface area contributed by atoms with Gasteiger partial charge in [-0.1, -0.05) is 0 Å². The molecule has 0 spiro atoms. The van der Waals surface area contributed by atoms with Crippen molar-refractivity contribution in [1.29, 1.82) is 0 Å². The van der Waals surface area contributed by atoms with Gasteiger partial charge >= 0.3 is 123 Å². The van der Waals surface area contributed by atoms with Gasteiger partial charge in [0.15, 0.2) is 0 Å². The minimum atomic E-state index is -1.97. The molecule has 4 heteroatoms. The summed E-state index contributed by atoms with van der Waals surface area (Å²) < 4.78 is 4.93. The average Bonchev–Trinajstić information content (AvgIpc) is 2.22. The monoisotopic (exact) mass is 296 g/mol. The standard InChI is InChI=1S/C15H25ClN2Si/c1-14(2,3)17-13(12-10-8-7-9-11-12)18(19(17)16)15(4,5)6/h7-11H,19H2,1-6H3/q+1. The van der Waals surface area contributed by atoms with Gasteiger partial charge in [-0.3, -0.25) is 0 Å². The average molecular weight is 297 g/mol. The number of hydrogen-bond donors (Lipinski definition) is 0. The maximum absolute atomic E-state index is 6.80. The van der Waals surface area contributed by atoms with Crippen LogP contribution in [0.4, 0.5) is 0 Å². The molecule has 0 saturated heterocycles. The van der Waals surface area contributed by atoms with Crippen LogP contribution < -0.4 is 0 Å². The third kappa shape index (κ3) is 2.58. The van der Waals surface area contributed by atoms with Crippen LogP contribution in [0.25, 0.3) is 0 Å². The number of halogens is 1. The van der Waals surface area contributed by atoms with Crippen LogP contribution in [0.3, 0.4) is 0 Å². The third-order valence-corrected chi connectivity index (χ3v) is 8.66. The second-order valence-electron chi connectivity index (χ2n) is 7.27. The van der Waals surface area contributed by atoms with Crippen molar-refractivity contribution < 1.29 is 15.3 Å². The van der Waals surface area contributed by atoms with Gasteiger partial charge in [0.2, 0.25) is 0 Å². The van der Waals surface area contributed by atoms with Crippen molar-refractivity contribution in [3.8, 4) is 0 Å². The molecule has 0 saturated carbocycles. The van der Waals surface area contributed by atoms with Gasteiger partial charge in [-0.25, -0.2) is 0 Å². The molecule has 1 aromatic rings. The minimum absolute atomic E-state index is 0.0914. The molecule has 2 rings (SSSR count). The van der Waals surface area contributed by atoms with E-state index in [-0.39, 0.29) is 11.1 Å². The van der Waals surface area contributed by atoms with Crippen LogP contribution in [0.2, 0.25) is 0 Å². The number of nitrogens with zero attached hydrogens (tertiary/aromatic N) is 2. The summed E-state index contributed by atoms with van der Waals surface area (Å²) in [4.78, 5) is 0. The SMILES string of the molecule is CC(C)(C)N1C(c2ccccc2)=[N+](C(C)(C)C)[SiH2-]1[Cl+]. The Balaban J connectivity index is 2.57. The van der Waals surface area contributed by atoms with Gasteiger partial charge in [0.25, 0.3) is 0 Å². The van der Waals surface area contributed by atoms with E-state index in [0.29, 0.717) is 0 Å². The molecule has 105 valence electrons. The molecule has 0 fully saturated rings. The summed E-state index contributed by atoms with van der Waals surface area (Å²) in [5.41, 5.74) is 1.45. The maximum atomic E-state index is 6.80. The molecular weight excluding hydrogens is 272 g/mol. The number of rotatable bonds is 1. The number of hydrogen-bond acceptors (Lipinski definition) is 1. The van der Waals surface area contributed by atoms with Crippen molar-refractivity contribution in [3.63, 3.8) is 0 Å². The molecule has 0 atom stereocenters. The van der Waals surface area contributed by atoms with Crippen LogP contribution in [-0.2, 0) is 0 Å². The van der Waals surface area contributed by atoms with E-state index in [1.807, 2.05) is 0 Å². The zero-order chi connectivity index (χ0) is 14.4. The van der Waals surface area contributed by atoms with Crippen molar-refractivity contribution in [2.24, 2.45) is 0 Å². The van der Waals surface area contributed by atoms with Gasteiger partial charge in [0.05, 0.1) is 0 Å². The van der Waals surface area contributed by atoms with Crippen molar-refractivity contribution in [2.75, 3.05) is 0 Å². The summed E-state index contributed by atoms with van der Waals surface area (Å²) in [6.45, 7) is 13.5. The first-order valence-corrected chi connectivity index (χ1v) is 10.4. The van der Waals surface area contributed by atoms with Gasteiger partial charge in [0.1, 0.15) is 0 Å². The molecule has 0 aromatic heterocycles. The summed E-state index contributed by atoms with van der Waals surface area (Å²) in [6.07, 6.45) is 0. The predicted molar refractivity (Wildman–Crippen MR) is 80.7 cm³/mol. The zero-order valence-corrected chi connectivity index (χ0v) is 15.0. The number of benzene rings is 1. The molecule has 1 aliphatic heterocycles. The predicted octanol–water partition coefficient (Wildman–Crippen LogP) is 2.36. The van der Waals surface area contributed by atoms with Crippen molar-refractivity contribution in [3.05, 3.63) is 35.9 Å². The first-order chi connectivity index (χ1) is 8.64. The fourth-order valence-corrected chi connectivity index (χ4v) is 8.40. The molecule has 0 bridgehead atoms. The van der Waals surface area contributed by atoms with E-state index in [2.05, 4.69) is 80.7 Å². The molecule has 1 aromatic carbocycles. The summed E-state index contributed by atoms with van der Waals surface area (Å²) in [5.74, 6) is 1.30. The van der Waals surface area contributed by atoms with Crippen molar-refractivity contribution >= 4 is 14.3 Å². The van der Waals surface area contributed by atoms with Crippen LogP contribution in [0.1, 0.15) is 47.1 Å². The fraction of sp³-hybridized carbons (Fsp3) is 0.533. The van der Waals surface area contributed by atoms with Gasteiger partial charge in [-0.2, -0.15) is 0 Å². The Labute approximate surface area is 123 Å². The van der Waals surface area contributed by atoms with E-state index >= 15 is 0 Å². The topological polar surface area (TPSA) is 6.25 Å². The molecular formula is C15H25ClN2Si+. The Kier molecular flexibility index (Phi) is 3.56. The van der Waals surface area contributed by atoms with Crippen LogP contribution in [0, 0.1) is 11.1 Å². The number of amidine groups is 1. The fourth-order valence-electron chi connectivity index (χ4n) is 2.77. The summed E-state index contributed by atoms with van der Waals surface area (Å²) in [5, 5.41) is 0. The molecule has 0 aliphatic carbocycles. The first-order valence-electron chi connectivity index (χ1n) is 6.95. The van der Waals surface area contributed by atoms with E-state index in [1.54, 1.807) is 0 Å². The van der Waals surface area contributed by atoms with Crippen LogP contribution in [0.5, 0.6) is 0 Å². The van der Waals surface area contributed by atoms with E-state index in [4.69, 9.17) is 11.1 Å². The van der Waals surface area contributed by atoms with E-state index in [9.17, 15) is 0 Å². The zero-order valence-electron chi connectivity index (χ0n) is 12.9. The second kappa shape index (κ2) is 4.64. The van der Waals surface area contributed by atoms with Crippen LogP contribution >= 0.6 is 0 Å². The van der Waals surface area contributed by atoms with Crippen molar-refractivity contribution in [2.45, 2.75) is 52.6 Å². The van der Waals surface area contributed by atoms with Gasteiger partial charge < -0.3 is 0 Å². The van der Waals surface area contributed by atoms with E-state index in [1.165, 1.54) is 11.4 Å². The Morgan fingerprint density at radius 2 is 1.53 bits per heavy atom.